The molecule has 0 bridgehead atoms. The van der Waals surface area contributed by atoms with Gasteiger partial charge in [-0.1, -0.05) is 67.4 Å². The minimum atomic E-state index is -1.14. The van der Waals surface area contributed by atoms with Crippen LogP contribution in [-0.4, -0.2) is 52.9 Å². The maximum atomic E-state index is 13.3. The molecule has 3 rings (SSSR count). The number of aliphatic hydroxyl groups is 1. The summed E-state index contributed by atoms with van der Waals surface area (Å²) in [6.07, 6.45) is 1.72. The molecule has 0 aromatic heterocycles. The van der Waals surface area contributed by atoms with Gasteiger partial charge in [0.2, 0.25) is 11.8 Å². The third-order valence-electron chi connectivity index (χ3n) is 6.27. The predicted molar refractivity (Wildman–Crippen MR) is 133 cm³/mol. The molecule has 2 aromatic rings. The van der Waals surface area contributed by atoms with Crippen LogP contribution in [0, 0.1) is 0 Å². The first kappa shape index (κ1) is 25.8. The van der Waals surface area contributed by atoms with Crippen molar-refractivity contribution in [2.24, 2.45) is 0 Å². The third kappa shape index (κ3) is 6.18. The number of thiol groups is 1. The molecule has 34 heavy (non-hydrogen) atoms. The molecule has 8 heteroatoms. The molecule has 3 atom stereocenters. The van der Waals surface area contributed by atoms with Crippen LogP contribution in [0.1, 0.15) is 38.2 Å². The molecular weight excluding hydrogens is 452 g/mol. The summed E-state index contributed by atoms with van der Waals surface area (Å²) in [6.45, 7) is 1.47. The van der Waals surface area contributed by atoms with Gasteiger partial charge in [-0.3, -0.25) is 9.59 Å². The van der Waals surface area contributed by atoms with Crippen molar-refractivity contribution in [2.75, 3.05) is 7.11 Å². The molecule has 7 nitrogen and oxygen atoms in total. The van der Waals surface area contributed by atoms with Crippen molar-refractivity contribution in [3.05, 3.63) is 60.2 Å². The number of hydrogen-bond acceptors (Lipinski definition) is 6. The molecule has 2 amide bonds. The number of ether oxygens (including phenoxy) is 1. The summed E-state index contributed by atoms with van der Waals surface area (Å²) in [5, 5.41) is 14.3. The van der Waals surface area contributed by atoms with E-state index in [0.717, 1.165) is 29.5 Å². The fraction of sp³-hybridized carbons (Fsp3) is 0.423. The second-order valence-corrected chi connectivity index (χ2v) is 9.34. The van der Waals surface area contributed by atoms with E-state index in [1.807, 2.05) is 54.6 Å². The van der Waals surface area contributed by atoms with Crippen molar-refractivity contribution >= 4 is 30.4 Å². The molecule has 3 unspecified atom stereocenters. The highest BCUT2D eigenvalue weighted by molar-refractivity contribution is 7.81. The number of amides is 2. The number of benzene rings is 2. The molecule has 1 aliphatic rings. The number of nitrogens with one attached hydrogen (secondary N) is 2. The standard InChI is InChI=1S/C26H32N2O5S/c1-17(29)22(34)23(30)28-26(14-6-7-15-26)25(32)27-21(24(31)33-2)16-18-10-12-20(13-11-18)19-8-4-3-5-9-19/h3-5,8-13,17,21-22,29,34H,6-7,14-16H2,1-2H3,(H,27,32)(H,28,30). The molecule has 0 heterocycles. The summed E-state index contributed by atoms with van der Waals surface area (Å²) in [5.74, 6) is -1.50. The maximum absolute atomic E-state index is 13.3. The van der Waals surface area contributed by atoms with Gasteiger partial charge >= 0.3 is 5.97 Å². The number of carbonyl (C=O) groups excluding carboxylic acids is 3. The first-order valence-electron chi connectivity index (χ1n) is 11.5. The fourth-order valence-corrected chi connectivity index (χ4v) is 4.31. The van der Waals surface area contributed by atoms with Gasteiger partial charge in [-0.15, -0.1) is 0 Å². The number of carbonyl (C=O) groups is 3. The van der Waals surface area contributed by atoms with Crippen LogP contribution in [-0.2, 0) is 25.5 Å². The lowest BCUT2D eigenvalue weighted by Gasteiger charge is -2.32. The maximum Gasteiger partial charge on any atom is 0.328 e. The van der Waals surface area contributed by atoms with Crippen molar-refractivity contribution < 1.29 is 24.2 Å². The van der Waals surface area contributed by atoms with Gasteiger partial charge in [0, 0.05) is 6.42 Å². The van der Waals surface area contributed by atoms with Crippen molar-refractivity contribution in [3.63, 3.8) is 0 Å². The molecule has 182 valence electrons. The highest BCUT2D eigenvalue weighted by Gasteiger charge is 2.44. The highest BCUT2D eigenvalue weighted by Crippen LogP contribution is 2.31. The van der Waals surface area contributed by atoms with Crippen LogP contribution in [0.5, 0.6) is 0 Å². The molecule has 0 radical (unpaired) electrons. The fourth-order valence-electron chi connectivity index (χ4n) is 4.25. The van der Waals surface area contributed by atoms with Crippen LogP contribution in [0.3, 0.4) is 0 Å². The number of aliphatic hydroxyl groups excluding tert-OH is 1. The largest absolute Gasteiger partial charge is 0.467 e. The normalized spacial score (nSPS) is 17.3. The Labute approximate surface area is 205 Å². The van der Waals surface area contributed by atoms with E-state index in [4.69, 9.17) is 4.74 Å². The molecule has 0 saturated heterocycles. The summed E-state index contributed by atoms with van der Waals surface area (Å²) in [6, 6.07) is 16.8. The zero-order valence-corrected chi connectivity index (χ0v) is 20.4. The average molecular weight is 485 g/mol. The lowest BCUT2D eigenvalue weighted by molar-refractivity contribution is -0.146. The molecule has 1 saturated carbocycles. The molecule has 1 fully saturated rings. The Balaban J connectivity index is 1.74. The van der Waals surface area contributed by atoms with E-state index in [1.54, 1.807) is 0 Å². The van der Waals surface area contributed by atoms with Gasteiger partial charge in [0.25, 0.3) is 0 Å². The molecular formula is C26H32N2O5S. The van der Waals surface area contributed by atoms with E-state index >= 15 is 0 Å². The lowest BCUT2D eigenvalue weighted by Crippen LogP contribution is -2.61. The van der Waals surface area contributed by atoms with Crippen LogP contribution < -0.4 is 10.6 Å². The van der Waals surface area contributed by atoms with Gasteiger partial charge < -0.3 is 20.5 Å². The van der Waals surface area contributed by atoms with Crippen molar-refractivity contribution in [1.82, 2.24) is 10.6 Å². The lowest BCUT2D eigenvalue weighted by atomic mass is 9.94. The van der Waals surface area contributed by atoms with Gasteiger partial charge in [-0.05, 0) is 36.5 Å². The highest BCUT2D eigenvalue weighted by atomic mass is 32.1. The second kappa shape index (κ2) is 11.5. The number of rotatable bonds is 9. The second-order valence-electron chi connectivity index (χ2n) is 8.78. The Morgan fingerprint density at radius 1 is 1.03 bits per heavy atom. The molecule has 3 N–H and O–H groups in total. The first-order valence-corrected chi connectivity index (χ1v) is 12.0. The van der Waals surface area contributed by atoms with Crippen LogP contribution in [0.2, 0.25) is 0 Å². The van der Waals surface area contributed by atoms with E-state index in [2.05, 4.69) is 23.3 Å². The van der Waals surface area contributed by atoms with E-state index in [1.165, 1.54) is 14.0 Å². The van der Waals surface area contributed by atoms with E-state index < -0.39 is 40.7 Å². The van der Waals surface area contributed by atoms with Gasteiger partial charge in [0.1, 0.15) is 16.8 Å². The zero-order chi connectivity index (χ0) is 24.7. The summed E-state index contributed by atoms with van der Waals surface area (Å²) in [4.78, 5) is 38.4. The Morgan fingerprint density at radius 2 is 1.62 bits per heavy atom. The molecule has 2 aromatic carbocycles. The van der Waals surface area contributed by atoms with Crippen LogP contribution in [0.15, 0.2) is 54.6 Å². The van der Waals surface area contributed by atoms with E-state index in [9.17, 15) is 19.5 Å². The van der Waals surface area contributed by atoms with Crippen molar-refractivity contribution in [2.45, 2.75) is 62.0 Å². The minimum absolute atomic E-state index is 0.250. The van der Waals surface area contributed by atoms with E-state index in [-0.39, 0.29) is 6.42 Å². The monoisotopic (exact) mass is 484 g/mol. The number of methoxy groups -OCH3 is 1. The molecule has 0 spiro atoms. The topological polar surface area (TPSA) is 105 Å². The number of hydrogen-bond donors (Lipinski definition) is 4. The SMILES string of the molecule is COC(=O)C(Cc1ccc(-c2ccccc2)cc1)NC(=O)C1(NC(=O)C(S)C(C)O)CCCC1. The molecule has 1 aliphatic carbocycles. The Bertz CT molecular complexity index is 988. The van der Waals surface area contributed by atoms with Crippen LogP contribution in [0.4, 0.5) is 0 Å². The quantitative estimate of drug-likeness (QED) is 0.324. The van der Waals surface area contributed by atoms with Crippen molar-refractivity contribution in [1.29, 1.82) is 0 Å². The molecule has 0 aliphatic heterocycles. The Morgan fingerprint density at radius 3 is 2.18 bits per heavy atom. The summed E-state index contributed by atoms with van der Waals surface area (Å²) in [5.41, 5.74) is 1.86. The van der Waals surface area contributed by atoms with Crippen molar-refractivity contribution in [3.8, 4) is 11.1 Å². The van der Waals surface area contributed by atoms with E-state index in [0.29, 0.717) is 12.8 Å². The zero-order valence-electron chi connectivity index (χ0n) is 19.5. The average Bonchev–Trinajstić information content (AvgIpc) is 3.33. The van der Waals surface area contributed by atoms with Crippen LogP contribution >= 0.6 is 12.6 Å². The van der Waals surface area contributed by atoms with Gasteiger partial charge in [0.05, 0.1) is 13.2 Å². The predicted octanol–water partition coefficient (Wildman–Crippen LogP) is 2.66. The third-order valence-corrected chi connectivity index (χ3v) is 6.94. The first-order chi connectivity index (χ1) is 16.3. The minimum Gasteiger partial charge on any atom is -0.467 e. The van der Waals surface area contributed by atoms with Gasteiger partial charge in [-0.25, -0.2) is 4.79 Å². The smallest absolute Gasteiger partial charge is 0.328 e. The Hall–Kier alpha value is -2.84. The van der Waals surface area contributed by atoms with Gasteiger partial charge in [0.15, 0.2) is 0 Å². The summed E-state index contributed by atoms with van der Waals surface area (Å²) < 4.78 is 4.94. The summed E-state index contributed by atoms with van der Waals surface area (Å²) >= 11 is 4.15. The Kier molecular flexibility index (Phi) is 8.74. The van der Waals surface area contributed by atoms with Gasteiger partial charge in [-0.2, -0.15) is 12.6 Å². The van der Waals surface area contributed by atoms with Crippen LogP contribution in [0.25, 0.3) is 11.1 Å². The number of esters is 1. The summed E-state index contributed by atoms with van der Waals surface area (Å²) in [7, 11) is 1.28.